The molecule has 1 rings (SSSR count). The molecule has 0 heterocycles. The van der Waals surface area contributed by atoms with E-state index in [2.05, 4.69) is 38.7 Å². The van der Waals surface area contributed by atoms with Gasteiger partial charge in [-0.05, 0) is 24.5 Å². The molecule has 0 fully saturated rings. The highest BCUT2D eigenvalue weighted by Crippen LogP contribution is 2.25. The van der Waals surface area contributed by atoms with Crippen molar-refractivity contribution in [3.05, 3.63) is 36.0 Å². The molecule has 10 heavy (non-hydrogen) atoms. The summed E-state index contributed by atoms with van der Waals surface area (Å²) in [7, 11) is 0. The summed E-state index contributed by atoms with van der Waals surface area (Å²) < 4.78 is 0. The molecule has 0 amide bonds. The van der Waals surface area contributed by atoms with Gasteiger partial charge in [0.15, 0.2) is 0 Å². The van der Waals surface area contributed by atoms with E-state index >= 15 is 0 Å². The second-order valence-electron chi connectivity index (χ2n) is 2.77. The largest absolute Gasteiger partial charge is 0.0950 e. The number of rotatable bonds is 1. The summed E-state index contributed by atoms with van der Waals surface area (Å²) in [6, 6.07) is 0. The molecule has 0 N–H and O–H groups in total. The van der Waals surface area contributed by atoms with E-state index in [0.717, 1.165) is 0 Å². The second kappa shape index (κ2) is 2.87. The molecule has 1 unspecified atom stereocenters. The molecular formula is C10H14. The fraction of sp³-hybridized carbons (Fsp3) is 0.400. The zero-order valence-corrected chi connectivity index (χ0v) is 6.72. The lowest BCUT2D eigenvalue weighted by Gasteiger charge is -2.17. The van der Waals surface area contributed by atoms with Gasteiger partial charge in [-0.3, -0.25) is 0 Å². The van der Waals surface area contributed by atoms with Crippen molar-refractivity contribution in [3.63, 3.8) is 0 Å². The molecule has 0 saturated heterocycles. The van der Waals surface area contributed by atoms with E-state index in [1.165, 1.54) is 17.6 Å². The molecule has 0 saturated carbocycles. The quantitative estimate of drug-likeness (QED) is 0.517. The molecule has 0 radical (unpaired) electrons. The minimum atomic E-state index is 0.588. The maximum absolute atomic E-state index is 4.03. The molecule has 0 nitrogen and oxygen atoms in total. The van der Waals surface area contributed by atoms with Crippen LogP contribution in [0.25, 0.3) is 0 Å². The predicted molar refractivity (Wildman–Crippen MR) is 45.8 cm³/mol. The van der Waals surface area contributed by atoms with Crippen molar-refractivity contribution in [3.8, 4) is 0 Å². The second-order valence-corrected chi connectivity index (χ2v) is 2.77. The summed E-state index contributed by atoms with van der Waals surface area (Å²) in [5.41, 5.74) is 2.61. The van der Waals surface area contributed by atoms with Gasteiger partial charge in [-0.25, -0.2) is 0 Å². The van der Waals surface area contributed by atoms with Crippen LogP contribution in [0.4, 0.5) is 0 Å². The van der Waals surface area contributed by atoms with Gasteiger partial charge in [-0.15, -0.1) is 0 Å². The van der Waals surface area contributed by atoms with Crippen molar-refractivity contribution < 1.29 is 0 Å². The summed E-state index contributed by atoms with van der Waals surface area (Å²) in [6.45, 7) is 8.34. The van der Waals surface area contributed by atoms with E-state index in [1.54, 1.807) is 0 Å². The Kier molecular flexibility index (Phi) is 2.10. The molecule has 1 atom stereocenters. The lowest BCUT2D eigenvalue weighted by Crippen LogP contribution is -2.02. The summed E-state index contributed by atoms with van der Waals surface area (Å²) in [6.07, 6.45) is 7.63. The predicted octanol–water partition coefficient (Wildman–Crippen LogP) is 3.08. The maximum atomic E-state index is 4.03. The number of hydrogen-bond acceptors (Lipinski definition) is 0. The van der Waals surface area contributed by atoms with Gasteiger partial charge in [0.05, 0.1) is 0 Å². The summed E-state index contributed by atoms with van der Waals surface area (Å²) in [4.78, 5) is 0. The molecule has 0 aliphatic heterocycles. The fourth-order valence-corrected chi connectivity index (χ4v) is 1.23. The first-order valence-corrected chi connectivity index (χ1v) is 3.80. The molecule has 54 valence electrons. The van der Waals surface area contributed by atoms with Crippen molar-refractivity contribution in [1.82, 2.24) is 0 Å². The smallest absolute Gasteiger partial charge is 0.00152 e. The Morgan fingerprint density at radius 1 is 1.60 bits per heavy atom. The fourth-order valence-electron chi connectivity index (χ4n) is 1.23. The minimum Gasteiger partial charge on any atom is -0.0950 e. The van der Waals surface area contributed by atoms with E-state index in [0.29, 0.717) is 5.92 Å². The van der Waals surface area contributed by atoms with Gasteiger partial charge < -0.3 is 0 Å². The molecule has 0 aromatic rings. The minimum absolute atomic E-state index is 0.588. The van der Waals surface area contributed by atoms with Crippen molar-refractivity contribution >= 4 is 0 Å². The molecule has 0 bridgehead atoms. The third-order valence-electron chi connectivity index (χ3n) is 2.08. The first-order valence-electron chi connectivity index (χ1n) is 3.80. The molecule has 1 aliphatic carbocycles. The zero-order chi connectivity index (χ0) is 7.56. The summed E-state index contributed by atoms with van der Waals surface area (Å²) in [5.74, 6) is 0.588. The van der Waals surface area contributed by atoms with E-state index < -0.39 is 0 Å². The van der Waals surface area contributed by atoms with E-state index in [4.69, 9.17) is 0 Å². The van der Waals surface area contributed by atoms with Gasteiger partial charge in [-0.2, -0.15) is 0 Å². The Hall–Kier alpha value is -0.780. The van der Waals surface area contributed by atoms with E-state index in [-0.39, 0.29) is 0 Å². The molecule has 0 heteroatoms. The topological polar surface area (TPSA) is 0 Å². The molecule has 0 aromatic carbocycles. The van der Waals surface area contributed by atoms with Crippen LogP contribution in [-0.2, 0) is 0 Å². The zero-order valence-electron chi connectivity index (χ0n) is 6.72. The first-order chi connectivity index (χ1) is 4.75. The Balaban J connectivity index is 2.78. The van der Waals surface area contributed by atoms with Crippen LogP contribution in [0.2, 0.25) is 0 Å². The van der Waals surface area contributed by atoms with Crippen molar-refractivity contribution in [2.75, 3.05) is 0 Å². The average molecular weight is 134 g/mol. The molecule has 1 aliphatic rings. The highest BCUT2D eigenvalue weighted by Gasteiger charge is 2.09. The van der Waals surface area contributed by atoms with Gasteiger partial charge >= 0.3 is 0 Å². The van der Waals surface area contributed by atoms with Crippen molar-refractivity contribution in [1.29, 1.82) is 0 Å². The molecular weight excluding hydrogens is 120 g/mol. The Labute approximate surface area is 62.9 Å². The lowest BCUT2D eigenvalue weighted by molar-refractivity contribution is 0.731. The van der Waals surface area contributed by atoms with Crippen LogP contribution >= 0.6 is 0 Å². The van der Waals surface area contributed by atoms with E-state index in [1.807, 2.05) is 0 Å². The highest BCUT2D eigenvalue weighted by molar-refractivity contribution is 5.38. The van der Waals surface area contributed by atoms with Gasteiger partial charge in [-0.1, -0.05) is 31.7 Å². The van der Waals surface area contributed by atoms with Gasteiger partial charge in [0, 0.05) is 5.92 Å². The standard InChI is InChI=1S/C10H14/c1-4-10-7-5-6-8(2)9(10)3/h5-7,10H,3-4H2,1-2H3. The van der Waals surface area contributed by atoms with Gasteiger partial charge in [0.25, 0.3) is 0 Å². The molecule has 0 aromatic heterocycles. The first kappa shape index (κ1) is 7.33. The van der Waals surface area contributed by atoms with Crippen LogP contribution in [0, 0.1) is 5.92 Å². The van der Waals surface area contributed by atoms with Crippen LogP contribution in [0.15, 0.2) is 36.0 Å². The van der Waals surface area contributed by atoms with Crippen LogP contribution in [0.1, 0.15) is 20.3 Å². The third-order valence-corrected chi connectivity index (χ3v) is 2.08. The maximum Gasteiger partial charge on any atom is 0.00152 e. The normalized spacial score (nSPS) is 24.8. The lowest BCUT2D eigenvalue weighted by atomic mass is 9.88. The number of allylic oxidation sites excluding steroid dienone is 5. The van der Waals surface area contributed by atoms with Gasteiger partial charge in [0.1, 0.15) is 0 Å². The van der Waals surface area contributed by atoms with Crippen LogP contribution < -0.4 is 0 Å². The summed E-state index contributed by atoms with van der Waals surface area (Å²) in [5, 5.41) is 0. The third kappa shape index (κ3) is 1.21. The molecule has 0 spiro atoms. The van der Waals surface area contributed by atoms with Crippen LogP contribution in [-0.4, -0.2) is 0 Å². The summed E-state index contributed by atoms with van der Waals surface area (Å²) >= 11 is 0. The van der Waals surface area contributed by atoms with Gasteiger partial charge in [0.2, 0.25) is 0 Å². The van der Waals surface area contributed by atoms with Crippen molar-refractivity contribution in [2.45, 2.75) is 20.3 Å². The van der Waals surface area contributed by atoms with Crippen LogP contribution in [0.5, 0.6) is 0 Å². The Morgan fingerprint density at radius 2 is 2.30 bits per heavy atom. The Morgan fingerprint density at radius 3 is 2.80 bits per heavy atom. The highest BCUT2D eigenvalue weighted by atomic mass is 14.1. The Bertz CT molecular complexity index is 194. The van der Waals surface area contributed by atoms with Crippen molar-refractivity contribution in [2.24, 2.45) is 5.92 Å². The van der Waals surface area contributed by atoms with Crippen LogP contribution in [0.3, 0.4) is 0 Å². The number of hydrogen-bond donors (Lipinski definition) is 0. The van der Waals surface area contributed by atoms with E-state index in [9.17, 15) is 0 Å². The average Bonchev–Trinajstić information content (AvgIpc) is 1.95. The monoisotopic (exact) mass is 134 g/mol. The SMILES string of the molecule is C=C1C(C)=CC=CC1CC.